The van der Waals surface area contributed by atoms with Crippen LogP contribution in [0.5, 0.6) is 0 Å². The second-order valence-electron chi connectivity index (χ2n) is 8.22. The van der Waals surface area contributed by atoms with E-state index in [1.807, 2.05) is 37.1 Å². The molecule has 5 nitrogen and oxygen atoms in total. The highest BCUT2D eigenvalue weighted by molar-refractivity contribution is 5.97. The number of aromatic amines is 1. The molecule has 2 heterocycles. The van der Waals surface area contributed by atoms with Crippen molar-refractivity contribution in [2.24, 2.45) is 5.92 Å². The monoisotopic (exact) mass is 389 g/mol. The third-order valence-electron chi connectivity index (χ3n) is 5.65. The van der Waals surface area contributed by atoms with Crippen molar-refractivity contribution in [3.05, 3.63) is 64.8 Å². The number of carbonyl (C=O) groups is 2. The summed E-state index contributed by atoms with van der Waals surface area (Å²) < 4.78 is 0. The first kappa shape index (κ1) is 19.2. The number of aromatic nitrogens is 1. The first-order valence-corrected chi connectivity index (χ1v) is 10.1. The highest BCUT2D eigenvalue weighted by atomic mass is 16.2. The molecule has 0 bridgehead atoms. The number of anilines is 1. The zero-order valence-electron chi connectivity index (χ0n) is 17.2. The van der Waals surface area contributed by atoms with Crippen LogP contribution in [0.2, 0.25) is 0 Å². The lowest BCUT2D eigenvalue weighted by Crippen LogP contribution is -2.30. The predicted molar refractivity (Wildman–Crippen MR) is 116 cm³/mol. The van der Waals surface area contributed by atoms with Gasteiger partial charge >= 0.3 is 0 Å². The molecule has 3 aromatic rings. The van der Waals surface area contributed by atoms with Gasteiger partial charge in [0.1, 0.15) is 0 Å². The Balaban J connectivity index is 1.38. The number of nitrogens with one attached hydrogen (secondary N) is 2. The van der Waals surface area contributed by atoms with Crippen molar-refractivity contribution in [2.45, 2.75) is 33.6 Å². The molecule has 4 rings (SSSR count). The number of hydrogen-bond donors (Lipinski definition) is 2. The van der Waals surface area contributed by atoms with E-state index in [9.17, 15) is 9.59 Å². The van der Waals surface area contributed by atoms with E-state index in [4.69, 9.17) is 0 Å². The molecular formula is C24H27N3O2. The van der Waals surface area contributed by atoms with E-state index >= 15 is 0 Å². The van der Waals surface area contributed by atoms with Gasteiger partial charge in [-0.15, -0.1) is 0 Å². The molecule has 29 heavy (non-hydrogen) atoms. The van der Waals surface area contributed by atoms with Gasteiger partial charge in [0.15, 0.2) is 0 Å². The van der Waals surface area contributed by atoms with Crippen LogP contribution >= 0.6 is 0 Å². The van der Waals surface area contributed by atoms with E-state index < -0.39 is 0 Å². The number of fused-ring (bicyclic) bond motifs is 1. The fourth-order valence-corrected chi connectivity index (χ4v) is 4.21. The SMILES string of the molecule is Cc1cc(C)cc(NC(=O)[C@@H]2CC(=O)N(CCc3c[nH]c4ccc(C)cc34)C2)c1. The van der Waals surface area contributed by atoms with Crippen LogP contribution in [0.3, 0.4) is 0 Å². The molecule has 1 aliphatic heterocycles. The lowest BCUT2D eigenvalue weighted by molar-refractivity contribution is -0.128. The Bertz CT molecular complexity index is 1060. The van der Waals surface area contributed by atoms with Gasteiger partial charge in [0, 0.05) is 42.3 Å². The van der Waals surface area contributed by atoms with E-state index in [0.29, 0.717) is 13.1 Å². The van der Waals surface area contributed by atoms with E-state index in [2.05, 4.69) is 41.5 Å². The van der Waals surface area contributed by atoms with Crippen LogP contribution in [-0.2, 0) is 16.0 Å². The van der Waals surface area contributed by atoms with Crippen molar-refractivity contribution < 1.29 is 9.59 Å². The largest absolute Gasteiger partial charge is 0.361 e. The molecule has 0 spiro atoms. The normalized spacial score (nSPS) is 16.6. The maximum absolute atomic E-state index is 12.7. The molecule has 0 aliphatic carbocycles. The van der Waals surface area contributed by atoms with Gasteiger partial charge < -0.3 is 15.2 Å². The Hall–Kier alpha value is -3.08. The second kappa shape index (κ2) is 7.74. The predicted octanol–water partition coefficient (Wildman–Crippen LogP) is 4.12. The molecule has 1 atom stereocenters. The molecule has 1 fully saturated rings. The summed E-state index contributed by atoms with van der Waals surface area (Å²) in [5.74, 6) is -0.316. The summed E-state index contributed by atoms with van der Waals surface area (Å²) in [6.07, 6.45) is 3.08. The Labute approximate surface area is 171 Å². The van der Waals surface area contributed by atoms with Gasteiger partial charge in [-0.05, 0) is 68.1 Å². The highest BCUT2D eigenvalue weighted by Gasteiger charge is 2.34. The molecule has 150 valence electrons. The molecule has 2 amide bonds. The van der Waals surface area contributed by atoms with Gasteiger partial charge in [0.2, 0.25) is 11.8 Å². The van der Waals surface area contributed by atoms with E-state index in [1.54, 1.807) is 0 Å². The van der Waals surface area contributed by atoms with Gasteiger partial charge in [-0.1, -0.05) is 17.7 Å². The Kier molecular flexibility index (Phi) is 5.14. The zero-order valence-corrected chi connectivity index (χ0v) is 17.2. The van der Waals surface area contributed by atoms with Crippen LogP contribution in [0.4, 0.5) is 5.69 Å². The topological polar surface area (TPSA) is 65.2 Å². The second-order valence-corrected chi connectivity index (χ2v) is 8.22. The van der Waals surface area contributed by atoms with E-state index in [0.717, 1.165) is 28.8 Å². The molecule has 0 radical (unpaired) electrons. The van der Waals surface area contributed by atoms with Crippen molar-refractivity contribution in [3.8, 4) is 0 Å². The molecule has 1 saturated heterocycles. The average Bonchev–Trinajstić information content (AvgIpc) is 3.22. The Morgan fingerprint density at radius 2 is 1.86 bits per heavy atom. The molecular weight excluding hydrogens is 362 g/mol. The first-order chi connectivity index (χ1) is 13.9. The number of benzene rings is 2. The molecule has 2 N–H and O–H groups in total. The lowest BCUT2D eigenvalue weighted by Gasteiger charge is -2.16. The summed E-state index contributed by atoms with van der Waals surface area (Å²) in [4.78, 5) is 30.3. The fraction of sp³-hybridized carbons (Fsp3) is 0.333. The van der Waals surface area contributed by atoms with Gasteiger partial charge in [-0.3, -0.25) is 9.59 Å². The van der Waals surface area contributed by atoms with Crippen LogP contribution in [0.1, 0.15) is 28.7 Å². The van der Waals surface area contributed by atoms with Crippen molar-refractivity contribution >= 4 is 28.4 Å². The minimum Gasteiger partial charge on any atom is -0.361 e. The minimum atomic E-state index is -0.298. The minimum absolute atomic E-state index is 0.0570. The standard InChI is InChI=1S/C24H27N3O2/c1-15-4-5-22-21(11-15)18(13-25-22)6-7-27-14-19(12-23(27)28)24(29)26-20-9-16(2)8-17(3)10-20/h4-5,8-11,13,19,25H,6-7,12,14H2,1-3H3,(H,26,29)/t19-/m1/s1. The smallest absolute Gasteiger partial charge is 0.229 e. The van der Waals surface area contributed by atoms with Gasteiger partial charge in [-0.25, -0.2) is 0 Å². The summed E-state index contributed by atoms with van der Waals surface area (Å²) in [7, 11) is 0. The van der Waals surface area contributed by atoms with E-state index in [-0.39, 0.29) is 24.2 Å². The third-order valence-corrected chi connectivity index (χ3v) is 5.65. The fourth-order valence-electron chi connectivity index (χ4n) is 4.21. The Morgan fingerprint density at radius 1 is 1.10 bits per heavy atom. The molecule has 5 heteroatoms. The average molecular weight is 389 g/mol. The van der Waals surface area contributed by atoms with Crippen molar-refractivity contribution in [2.75, 3.05) is 18.4 Å². The molecule has 2 aromatic carbocycles. The molecule has 1 aliphatic rings. The van der Waals surface area contributed by atoms with Crippen molar-refractivity contribution in [1.82, 2.24) is 9.88 Å². The molecule has 0 saturated carbocycles. The number of hydrogen-bond acceptors (Lipinski definition) is 2. The number of carbonyl (C=O) groups excluding carboxylic acids is 2. The highest BCUT2D eigenvalue weighted by Crippen LogP contribution is 2.24. The van der Waals surface area contributed by atoms with Gasteiger partial charge in [-0.2, -0.15) is 0 Å². The molecule has 0 unspecified atom stereocenters. The first-order valence-electron chi connectivity index (χ1n) is 10.1. The van der Waals surface area contributed by atoms with Gasteiger partial charge in [0.25, 0.3) is 0 Å². The van der Waals surface area contributed by atoms with Crippen molar-refractivity contribution in [1.29, 1.82) is 0 Å². The summed E-state index contributed by atoms with van der Waals surface area (Å²) in [5, 5.41) is 4.19. The maximum atomic E-state index is 12.7. The molecule has 1 aromatic heterocycles. The van der Waals surface area contributed by atoms with Gasteiger partial charge in [0.05, 0.1) is 5.92 Å². The summed E-state index contributed by atoms with van der Waals surface area (Å²) >= 11 is 0. The maximum Gasteiger partial charge on any atom is 0.229 e. The Morgan fingerprint density at radius 3 is 2.62 bits per heavy atom. The van der Waals surface area contributed by atoms with Crippen LogP contribution < -0.4 is 5.32 Å². The summed E-state index contributed by atoms with van der Waals surface area (Å²) in [6.45, 7) is 7.22. The van der Waals surface area contributed by atoms with Crippen LogP contribution in [-0.4, -0.2) is 34.8 Å². The summed E-state index contributed by atoms with van der Waals surface area (Å²) in [5.41, 5.74) is 6.56. The quantitative estimate of drug-likeness (QED) is 0.689. The summed E-state index contributed by atoms with van der Waals surface area (Å²) in [6, 6.07) is 12.3. The number of nitrogens with zero attached hydrogens (tertiary/aromatic N) is 1. The lowest BCUT2D eigenvalue weighted by atomic mass is 10.1. The number of H-pyrrole nitrogens is 1. The number of aryl methyl sites for hydroxylation is 3. The number of likely N-dealkylation sites (tertiary alicyclic amines) is 1. The van der Waals surface area contributed by atoms with Crippen LogP contribution in [0, 0.1) is 26.7 Å². The third kappa shape index (κ3) is 4.19. The van der Waals surface area contributed by atoms with E-state index in [1.165, 1.54) is 16.5 Å². The van der Waals surface area contributed by atoms with Crippen LogP contribution in [0.25, 0.3) is 10.9 Å². The number of amides is 2. The number of rotatable bonds is 5. The van der Waals surface area contributed by atoms with Crippen molar-refractivity contribution in [3.63, 3.8) is 0 Å². The van der Waals surface area contributed by atoms with Crippen LogP contribution in [0.15, 0.2) is 42.6 Å². The zero-order chi connectivity index (χ0) is 20.5.